The Kier molecular flexibility index (Phi) is 3.78. The van der Waals surface area contributed by atoms with Crippen LogP contribution in [-0.4, -0.2) is 21.3 Å². The first kappa shape index (κ1) is 14.1. The SMILES string of the molecule is O=C(O)c1cc(CCc2ccccc2C(F)(F)F)n[nH]1. The lowest BCUT2D eigenvalue weighted by atomic mass is 10.0. The van der Waals surface area contributed by atoms with Gasteiger partial charge in [0.2, 0.25) is 0 Å². The predicted octanol–water partition coefficient (Wildman–Crippen LogP) is 2.91. The number of nitrogens with zero attached hydrogens (tertiary/aromatic N) is 1. The third-order valence-corrected chi connectivity index (χ3v) is 2.83. The van der Waals surface area contributed by atoms with Crippen molar-refractivity contribution in [2.75, 3.05) is 0 Å². The molecule has 2 N–H and O–H groups in total. The van der Waals surface area contributed by atoms with Gasteiger partial charge < -0.3 is 5.11 Å². The number of carboxylic acid groups (broad SMARTS) is 1. The van der Waals surface area contributed by atoms with Crippen molar-refractivity contribution in [3.05, 3.63) is 52.8 Å². The molecule has 1 aromatic carbocycles. The first-order valence-corrected chi connectivity index (χ1v) is 5.80. The van der Waals surface area contributed by atoms with Gasteiger partial charge in [0.1, 0.15) is 5.69 Å². The molecule has 20 heavy (non-hydrogen) atoms. The quantitative estimate of drug-likeness (QED) is 0.907. The monoisotopic (exact) mass is 284 g/mol. The second-order valence-electron chi connectivity index (χ2n) is 4.23. The molecule has 1 aromatic heterocycles. The van der Waals surface area contributed by atoms with E-state index in [4.69, 9.17) is 5.11 Å². The number of carboxylic acids is 1. The molecule has 0 aliphatic heterocycles. The second-order valence-corrected chi connectivity index (χ2v) is 4.23. The van der Waals surface area contributed by atoms with Crippen LogP contribution in [0.4, 0.5) is 13.2 Å². The number of benzene rings is 1. The molecule has 2 rings (SSSR count). The number of aromatic amines is 1. The molecule has 106 valence electrons. The van der Waals surface area contributed by atoms with Crippen molar-refractivity contribution < 1.29 is 23.1 Å². The minimum Gasteiger partial charge on any atom is -0.477 e. The summed E-state index contributed by atoms with van der Waals surface area (Å²) in [4.78, 5) is 10.7. The maximum Gasteiger partial charge on any atom is 0.416 e. The number of hydrogen-bond acceptors (Lipinski definition) is 2. The summed E-state index contributed by atoms with van der Waals surface area (Å²) in [5, 5.41) is 14.8. The van der Waals surface area contributed by atoms with Crippen molar-refractivity contribution >= 4 is 5.97 Å². The standard InChI is InChI=1S/C13H11F3N2O2/c14-13(15,16)10-4-2-1-3-8(10)5-6-9-7-11(12(19)20)18-17-9/h1-4,7H,5-6H2,(H,17,18)(H,19,20). The number of carbonyl (C=O) groups is 1. The van der Waals surface area contributed by atoms with E-state index in [-0.39, 0.29) is 24.1 Å². The molecular formula is C13H11F3N2O2. The van der Waals surface area contributed by atoms with E-state index < -0.39 is 17.7 Å². The van der Waals surface area contributed by atoms with Crippen LogP contribution in [0.25, 0.3) is 0 Å². The molecular weight excluding hydrogens is 273 g/mol. The number of rotatable bonds is 4. The van der Waals surface area contributed by atoms with Gasteiger partial charge in [-0.15, -0.1) is 0 Å². The van der Waals surface area contributed by atoms with Gasteiger partial charge >= 0.3 is 12.1 Å². The molecule has 0 aliphatic rings. The Hall–Kier alpha value is -2.31. The highest BCUT2D eigenvalue weighted by Gasteiger charge is 2.32. The number of H-pyrrole nitrogens is 1. The maximum absolute atomic E-state index is 12.8. The Morgan fingerprint density at radius 1 is 1.25 bits per heavy atom. The molecule has 0 atom stereocenters. The molecule has 0 unspecified atom stereocenters. The van der Waals surface area contributed by atoms with Crippen molar-refractivity contribution in [1.29, 1.82) is 0 Å². The third-order valence-electron chi connectivity index (χ3n) is 2.83. The van der Waals surface area contributed by atoms with Gasteiger partial charge in [0.15, 0.2) is 0 Å². The summed E-state index contributed by atoms with van der Waals surface area (Å²) < 4.78 is 38.4. The van der Waals surface area contributed by atoms with E-state index in [1.807, 2.05) is 0 Å². The molecule has 4 nitrogen and oxygen atoms in total. The summed E-state index contributed by atoms with van der Waals surface area (Å²) in [5.74, 6) is -1.15. The van der Waals surface area contributed by atoms with Crippen LogP contribution < -0.4 is 0 Å². The summed E-state index contributed by atoms with van der Waals surface area (Å²) in [6.45, 7) is 0. The number of alkyl halides is 3. The molecule has 0 fully saturated rings. The van der Waals surface area contributed by atoms with E-state index in [1.54, 1.807) is 0 Å². The predicted molar refractivity (Wildman–Crippen MR) is 64.4 cm³/mol. The van der Waals surface area contributed by atoms with Crippen molar-refractivity contribution in [1.82, 2.24) is 10.2 Å². The lowest BCUT2D eigenvalue weighted by Gasteiger charge is -2.11. The number of nitrogens with one attached hydrogen (secondary N) is 1. The van der Waals surface area contributed by atoms with E-state index in [9.17, 15) is 18.0 Å². The summed E-state index contributed by atoms with van der Waals surface area (Å²) in [6, 6.07) is 6.63. The maximum atomic E-state index is 12.8. The van der Waals surface area contributed by atoms with Crippen molar-refractivity contribution in [3.8, 4) is 0 Å². The first-order valence-electron chi connectivity index (χ1n) is 5.80. The smallest absolute Gasteiger partial charge is 0.416 e. The molecule has 0 amide bonds. The molecule has 0 aliphatic carbocycles. The molecule has 0 bridgehead atoms. The van der Waals surface area contributed by atoms with Crippen molar-refractivity contribution in [3.63, 3.8) is 0 Å². The molecule has 0 saturated heterocycles. The summed E-state index contributed by atoms with van der Waals surface area (Å²) in [7, 11) is 0. The Morgan fingerprint density at radius 3 is 2.55 bits per heavy atom. The number of aryl methyl sites for hydroxylation is 2. The fraction of sp³-hybridized carbons (Fsp3) is 0.231. The van der Waals surface area contributed by atoms with Gasteiger partial charge in [-0.05, 0) is 30.5 Å². The highest BCUT2D eigenvalue weighted by molar-refractivity contribution is 5.85. The van der Waals surface area contributed by atoms with E-state index in [0.29, 0.717) is 5.69 Å². The minimum atomic E-state index is -4.39. The molecule has 7 heteroatoms. The topological polar surface area (TPSA) is 66.0 Å². The largest absolute Gasteiger partial charge is 0.477 e. The van der Waals surface area contributed by atoms with Gasteiger partial charge in [-0.1, -0.05) is 18.2 Å². The molecule has 1 heterocycles. The fourth-order valence-corrected chi connectivity index (χ4v) is 1.88. The summed E-state index contributed by atoms with van der Waals surface area (Å²) in [6.07, 6.45) is -4.02. The van der Waals surface area contributed by atoms with Crippen LogP contribution in [0.5, 0.6) is 0 Å². The third kappa shape index (κ3) is 3.17. The molecule has 0 saturated carbocycles. The van der Waals surface area contributed by atoms with Crippen molar-refractivity contribution in [2.24, 2.45) is 0 Å². The number of hydrogen-bond donors (Lipinski definition) is 2. The van der Waals surface area contributed by atoms with Crippen LogP contribution in [-0.2, 0) is 19.0 Å². The van der Waals surface area contributed by atoms with Crippen LogP contribution in [0.2, 0.25) is 0 Å². The fourth-order valence-electron chi connectivity index (χ4n) is 1.88. The van der Waals surface area contributed by atoms with Crippen LogP contribution in [0, 0.1) is 0 Å². The number of halogens is 3. The number of aromatic carboxylic acids is 1. The highest BCUT2D eigenvalue weighted by Crippen LogP contribution is 2.32. The van der Waals surface area contributed by atoms with Gasteiger partial charge in [0, 0.05) is 0 Å². The van der Waals surface area contributed by atoms with E-state index >= 15 is 0 Å². The lowest BCUT2D eigenvalue weighted by molar-refractivity contribution is -0.138. The Labute approximate surface area is 112 Å². The van der Waals surface area contributed by atoms with E-state index in [0.717, 1.165) is 6.07 Å². The molecule has 0 spiro atoms. The summed E-state index contributed by atoms with van der Waals surface area (Å²) >= 11 is 0. The van der Waals surface area contributed by atoms with Crippen molar-refractivity contribution in [2.45, 2.75) is 19.0 Å². The Bertz CT molecular complexity index is 620. The average Bonchev–Trinajstić information content (AvgIpc) is 2.84. The van der Waals surface area contributed by atoms with E-state index in [2.05, 4.69) is 10.2 Å². The Balaban J connectivity index is 2.13. The average molecular weight is 284 g/mol. The van der Waals surface area contributed by atoms with Crippen LogP contribution in [0.3, 0.4) is 0 Å². The number of aromatic nitrogens is 2. The zero-order valence-corrected chi connectivity index (χ0v) is 10.2. The van der Waals surface area contributed by atoms with Gasteiger partial charge in [0.25, 0.3) is 0 Å². The van der Waals surface area contributed by atoms with Gasteiger partial charge in [-0.3, -0.25) is 5.10 Å². The van der Waals surface area contributed by atoms with Crippen LogP contribution >= 0.6 is 0 Å². The zero-order valence-electron chi connectivity index (χ0n) is 10.2. The minimum absolute atomic E-state index is 0.0795. The second kappa shape index (κ2) is 5.36. The lowest BCUT2D eigenvalue weighted by Crippen LogP contribution is -2.09. The summed E-state index contributed by atoms with van der Waals surface area (Å²) in [5.41, 5.74) is -0.169. The van der Waals surface area contributed by atoms with Gasteiger partial charge in [0.05, 0.1) is 11.3 Å². The van der Waals surface area contributed by atoms with Gasteiger partial charge in [-0.25, -0.2) is 4.79 Å². The van der Waals surface area contributed by atoms with Crippen LogP contribution in [0.15, 0.2) is 30.3 Å². The molecule has 0 radical (unpaired) electrons. The van der Waals surface area contributed by atoms with E-state index in [1.165, 1.54) is 24.3 Å². The first-order chi connectivity index (χ1) is 9.38. The zero-order chi connectivity index (χ0) is 14.8. The highest BCUT2D eigenvalue weighted by atomic mass is 19.4. The Morgan fingerprint density at radius 2 is 1.95 bits per heavy atom. The van der Waals surface area contributed by atoms with Crippen LogP contribution in [0.1, 0.15) is 27.3 Å². The molecule has 2 aromatic rings. The van der Waals surface area contributed by atoms with Gasteiger partial charge in [-0.2, -0.15) is 18.3 Å². The normalized spacial score (nSPS) is 11.6.